The molecule has 3 aromatic rings. The molecule has 2 N–H and O–H groups in total. The molecule has 0 saturated carbocycles. The van der Waals surface area contributed by atoms with Crippen molar-refractivity contribution in [2.75, 3.05) is 5.73 Å². The van der Waals surface area contributed by atoms with Gasteiger partial charge >= 0.3 is 0 Å². The first-order chi connectivity index (χ1) is 9.61. The first-order valence-electron chi connectivity index (χ1n) is 6.05. The topological polar surface area (TPSA) is 64.9 Å². The Labute approximate surface area is 128 Å². The molecule has 4 nitrogen and oxygen atoms in total. The first-order valence-corrected chi connectivity index (χ1v) is 7.66. The van der Waals surface area contributed by atoms with E-state index in [9.17, 15) is 0 Å². The van der Waals surface area contributed by atoms with E-state index in [-0.39, 0.29) is 0 Å². The summed E-state index contributed by atoms with van der Waals surface area (Å²) in [6, 6.07) is 10.0. The summed E-state index contributed by atoms with van der Waals surface area (Å²) in [4.78, 5) is 5.54. The standard InChI is InChI=1S/C14H12BrN3OS/c1-8-5-11(13(16)20-8)14-17-12(18-19-14)7-9-3-2-4-10(15)6-9/h2-6H,7,16H2,1H3. The van der Waals surface area contributed by atoms with Crippen LogP contribution in [0.3, 0.4) is 0 Å². The number of aryl methyl sites for hydroxylation is 1. The molecule has 0 radical (unpaired) electrons. The van der Waals surface area contributed by atoms with Crippen LogP contribution in [-0.4, -0.2) is 10.1 Å². The Hall–Kier alpha value is -1.66. The molecule has 6 heteroatoms. The van der Waals surface area contributed by atoms with Gasteiger partial charge in [0.1, 0.15) is 0 Å². The van der Waals surface area contributed by atoms with E-state index in [1.165, 1.54) is 11.3 Å². The number of nitrogen functional groups attached to an aromatic ring is 1. The molecule has 1 aromatic carbocycles. The molecule has 0 saturated heterocycles. The fourth-order valence-electron chi connectivity index (χ4n) is 1.96. The number of rotatable bonds is 3. The Balaban J connectivity index is 1.85. The highest BCUT2D eigenvalue weighted by Crippen LogP contribution is 2.32. The summed E-state index contributed by atoms with van der Waals surface area (Å²) in [6.45, 7) is 2.00. The summed E-state index contributed by atoms with van der Waals surface area (Å²) in [5.74, 6) is 1.14. The van der Waals surface area contributed by atoms with E-state index in [2.05, 4.69) is 26.1 Å². The van der Waals surface area contributed by atoms with Crippen LogP contribution in [0.5, 0.6) is 0 Å². The van der Waals surface area contributed by atoms with Crippen LogP contribution in [0.4, 0.5) is 5.00 Å². The predicted octanol–water partition coefficient (Wildman–Crippen LogP) is 4.04. The van der Waals surface area contributed by atoms with E-state index in [4.69, 9.17) is 10.3 Å². The third-order valence-corrected chi connectivity index (χ3v) is 4.21. The van der Waals surface area contributed by atoms with Gasteiger partial charge < -0.3 is 10.3 Å². The van der Waals surface area contributed by atoms with Crippen LogP contribution in [0.2, 0.25) is 0 Å². The Kier molecular flexibility index (Phi) is 3.58. The van der Waals surface area contributed by atoms with Crippen LogP contribution in [0.1, 0.15) is 16.3 Å². The second kappa shape index (κ2) is 5.38. The summed E-state index contributed by atoms with van der Waals surface area (Å²) < 4.78 is 6.34. The predicted molar refractivity (Wildman–Crippen MR) is 83.7 cm³/mol. The van der Waals surface area contributed by atoms with Crippen molar-refractivity contribution in [2.45, 2.75) is 13.3 Å². The minimum absolute atomic E-state index is 0.483. The number of hydrogen-bond acceptors (Lipinski definition) is 5. The van der Waals surface area contributed by atoms with Gasteiger partial charge in [-0.1, -0.05) is 33.2 Å². The maximum atomic E-state index is 5.94. The smallest absolute Gasteiger partial charge is 0.260 e. The van der Waals surface area contributed by atoms with Crippen molar-refractivity contribution in [1.82, 2.24) is 10.1 Å². The second-order valence-corrected chi connectivity index (χ2v) is 6.66. The van der Waals surface area contributed by atoms with Gasteiger partial charge in [0.25, 0.3) is 5.89 Å². The molecule has 2 aromatic heterocycles. The molecule has 3 rings (SSSR count). The second-order valence-electron chi connectivity index (χ2n) is 4.46. The molecular formula is C14H12BrN3OS. The van der Waals surface area contributed by atoms with Crippen LogP contribution in [-0.2, 0) is 6.42 Å². The number of nitrogens with zero attached hydrogens (tertiary/aromatic N) is 2. The van der Waals surface area contributed by atoms with Gasteiger partial charge in [0.2, 0.25) is 0 Å². The molecule has 0 bridgehead atoms. The zero-order chi connectivity index (χ0) is 14.1. The maximum absolute atomic E-state index is 5.94. The summed E-state index contributed by atoms with van der Waals surface area (Å²) in [7, 11) is 0. The lowest BCUT2D eigenvalue weighted by atomic mass is 10.1. The Morgan fingerprint density at radius 1 is 1.35 bits per heavy atom. The summed E-state index contributed by atoms with van der Waals surface area (Å²) in [5, 5.41) is 4.72. The number of thiophene rings is 1. The number of anilines is 1. The molecule has 0 atom stereocenters. The van der Waals surface area contributed by atoms with E-state index >= 15 is 0 Å². The Morgan fingerprint density at radius 3 is 2.90 bits per heavy atom. The summed E-state index contributed by atoms with van der Waals surface area (Å²) in [6.07, 6.45) is 0.631. The van der Waals surface area contributed by atoms with Crippen molar-refractivity contribution in [1.29, 1.82) is 0 Å². The molecule has 102 valence electrons. The number of halogens is 1. The average molecular weight is 350 g/mol. The fraction of sp³-hybridized carbons (Fsp3) is 0.143. The first kappa shape index (κ1) is 13.3. The van der Waals surface area contributed by atoms with Gasteiger partial charge in [-0.2, -0.15) is 4.98 Å². The molecule has 0 spiro atoms. The van der Waals surface area contributed by atoms with Crippen molar-refractivity contribution < 1.29 is 4.52 Å². The fourth-order valence-corrected chi connectivity index (χ4v) is 3.19. The lowest BCUT2D eigenvalue weighted by Gasteiger charge is -1.96. The molecule has 0 unspecified atom stereocenters. The highest BCUT2D eigenvalue weighted by Gasteiger charge is 2.14. The lowest BCUT2D eigenvalue weighted by Crippen LogP contribution is -1.91. The van der Waals surface area contributed by atoms with Gasteiger partial charge in [-0.3, -0.25) is 0 Å². The van der Waals surface area contributed by atoms with Crippen LogP contribution < -0.4 is 5.73 Å². The van der Waals surface area contributed by atoms with Crippen molar-refractivity contribution >= 4 is 32.3 Å². The van der Waals surface area contributed by atoms with E-state index < -0.39 is 0 Å². The molecule has 0 aliphatic rings. The zero-order valence-corrected chi connectivity index (χ0v) is 13.2. The van der Waals surface area contributed by atoms with E-state index in [1.54, 1.807) is 0 Å². The SMILES string of the molecule is Cc1cc(-c2nc(Cc3cccc(Br)c3)no2)c(N)s1. The molecular weight excluding hydrogens is 338 g/mol. The minimum atomic E-state index is 0.483. The van der Waals surface area contributed by atoms with Gasteiger partial charge in [0.15, 0.2) is 5.82 Å². The number of aromatic nitrogens is 2. The van der Waals surface area contributed by atoms with Gasteiger partial charge in [0, 0.05) is 15.8 Å². The molecule has 2 heterocycles. The van der Waals surface area contributed by atoms with E-state index in [1.807, 2.05) is 37.3 Å². The summed E-state index contributed by atoms with van der Waals surface area (Å²) in [5.41, 5.74) is 7.89. The molecule has 0 amide bonds. The molecule has 0 aliphatic carbocycles. The number of hydrogen-bond donors (Lipinski definition) is 1. The van der Waals surface area contributed by atoms with Gasteiger partial charge in [-0.25, -0.2) is 0 Å². The highest BCUT2D eigenvalue weighted by atomic mass is 79.9. The van der Waals surface area contributed by atoms with Crippen molar-refractivity contribution in [3.63, 3.8) is 0 Å². The third-order valence-electron chi connectivity index (χ3n) is 2.83. The van der Waals surface area contributed by atoms with Gasteiger partial charge in [-0.05, 0) is 30.7 Å². The van der Waals surface area contributed by atoms with Gasteiger partial charge in [-0.15, -0.1) is 11.3 Å². The Morgan fingerprint density at radius 2 is 2.20 bits per heavy atom. The molecule has 0 aliphatic heterocycles. The van der Waals surface area contributed by atoms with Crippen LogP contribution in [0, 0.1) is 6.92 Å². The Bertz CT molecular complexity index is 750. The molecule has 0 fully saturated rings. The van der Waals surface area contributed by atoms with E-state index in [0.29, 0.717) is 23.1 Å². The minimum Gasteiger partial charge on any atom is -0.390 e. The van der Waals surface area contributed by atoms with Crippen molar-refractivity contribution in [2.24, 2.45) is 0 Å². The largest absolute Gasteiger partial charge is 0.390 e. The third kappa shape index (κ3) is 2.76. The highest BCUT2D eigenvalue weighted by molar-refractivity contribution is 9.10. The summed E-state index contributed by atoms with van der Waals surface area (Å²) >= 11 is 4.97. The zero-order valence-electron chi connectivity index (χ0n) is 10.8. The van der Waals surface area contributed by atoms with Crippen LogP contribution in [0.25, 0.3) is 11.5 Å². The van der Waals surface area contributed by atoms with E-state index in [0.717, 1.165) is 20.5 Å². The maximum Gasteiger partial charge on any atom is 0.260 e. The van der Waals surface area contributed by atoms with Gasteiger partial charge in [0.05, 0.1) is 10.6 Å². The number of nitrogens with two attached hydrogens (primary N) is 1. The van der Waals surface area contributed by atoms with Crippen LogP contribution >= 0.6 is 27.3 Å². The van der Waals surface area contributed by atoms with Crippen LogP contribution in [0.15, 0.2) is 39.3 Å². The lowest BCUT2D eigenvalue weighted by molar-refractivity contribution is 0.424. The number of benzene rings is 1. The van der Waals surface area contributed by atoms with Crippen molar-refractivity contribution in [3.8, 4) is 11.5 Å². The average Bonchev–Trinajstić information content (AvgIpc) is 2.96. The normalized spacial score (nSPS) is 10.9. The van der Waals surface area contributed by atoms with Crippen molar-refractivity contribution in [3.05, 3.63) is 51.1 Å². The quantitative estimate of drug-likeness (QED) is 0.774. The monoisotopic (exact) mass is 349 g/mol. The molecule has 20 heavy (non-hydrogen) atoms.